The van der Waals surface area contributed by atoms with Crippen molar-refractivity contribution in [1.82, 2.24) is 14.5 Å². The molecule has 5 rings (SSSR count). The maximum absolute atomic E-state index is 6.30. The first-order chi connectivity index (χ1) is 17.3. The van der Waals surface area contributed by atoms with E-state index in [2.05, 4.69) is 27.7 Å². The zero-order valence-electron chi connectivity index (χ0n) is 20.0. The summed E-state index contributed by atoms with van der Waals surface area (Å²) in [5.74, 6) is 2.54. The minimum Gasteiger partial charge on any atom is -0.487 e. The van der Waals surface area contributed by atoms with Crippen molar-refractivity contribution in [2.75, 3.05) is 19.6 Å². The van der Waals surface area contributed by atoms with Gasteiger partial charge < -0.3 is 18.9 Å². The third-order valence-electron chi connectivity index (χ3n) is 6.53. The molecule has 1 aliphatic heterocycles. The largest absolute Gasteiger partial charge is 0.487 e. The van der Waals surface area contributed by atoms with E-state index < -0.39 is 0 Å². The zero-order chi connectivity index (χ0) is 23.9. The van der Waals surface area contributed by atoms with E-state index in [0.717, 1.165) is 53.4 Å². The van der Waals surface area contributed by atoms with Gasteiger partial charge in [-0.15, -0.1) is 0 Å². The van der Waals surface area contributed by atoms with Gasteiger partial charge in [0.05, 0.1) is 5.52 Å². The maximum atomic E-state index is 6.30. The van der Waals surface area contributed by atoms with Crippen molar-refractivity contribution in [3.63, 3.8) is 0 Å². The van der Waals surface area contributed by atoms with Gasteiger partial charge >= 0.3 is 0 Å². The highest BCUT2D eigenvalue weighted by molar-refractivity contribution is 6.30. The minimum atomic E-state index is 0.387. The van der Waals surface area contributed by atoms with Crippen LogP contribution in [0.4, 0.5) is 0 Å². The Balaban J connectivity index is 1.38. The van der Waals surface area contributed by atoms with E-state index in [1.807, 2.05) is 54.6 Å². The fourth-order valence-corrected chi connectivity index (χ4v) is 4.84. The fraction of sp³-hybridized carbons (Fsp3) is 0.345. The first kappa shape index (κ1) is 23.7. The molecule has 0 saturated carbocycles. The lowest BCUT2D eigenvalue weighted by Gasteiger charge is -2.26. The van der Waals surface area contributed by atoms with E-state index in [-0.39, 0.29) is 0 Å². The Hall–Kier alpha value is -3.02. The first-order valence-corrected chi connectivity index (χ1v) is 12.9. The highest BCUT2D eigenvalue weighted by atomic mass is 35.5. The van der Waals surface area contributed by atoms with Crippen LogP contribution in [0.2, 0.25) is 5.02 Å². The highest BCUT2D eigenvalue weighted by Gasteiger charge is 2.17. The Morgan fingerprint density at radius 1 is 0.771 bits per heavy atom. The Bertz CT molecular complexity index is 1220. The molecule has 0 radical (unpaired) electrons. The summed E-state index contributed by atoms with van der Waals surface area (Å²) in [5, 5.41) is 0.697. The van der Waals surface area contributed by atoms with Crippen LogP contribution in [0.5, 0.6) is 11.5 Å². The third-order valence-corrected chi connectivity index (χ3v) is 6.78. The van der Waals surface area contributed by atoms with Crippen LogP contribution in [0, 0.1) is 0 Å². The zero-order valence-corrected chi connectivity index (χ0v) is 20.8. The third kappa shape index (κ3) is 6.16. The second kappa shape index (κ2) is 11.6. The number of aromatic nitrogens is 2. The summed E-state index contributed by atoms with van der Waals surface area (Å²) in [4.78, 5) is 7.53. The molecule has 3 aromatic carbocycles. The molecule has 182 valence electrons. The average molecular weight is 490 g/mol. The van der Waals surface area contributed by atoms with E-state index in [1.165, 1.54) is 32.4 Å². The standard InChI is InChI=1S/C29H32ClN3O2/c30-24-13-15-25(16-14-24)34-22-28-31-26-11-7-12-27(35-21-23-9-3-1-4-10-23)29(26)33(28)20-8-19-32-17-5-2-6-18-32/h1,3-4,7,9-16H,2,5-6,8,17-22H2. The van der Waals surface area contributed by atoms with Crippen LogP contribution in [0.25, 0.3) is 11.0 Å². The van der Waals surface area contributed by atoms with Crippen LogP contribution in [0.15, 0.2) is 72.8 Å². The van der Waals surface area contributed by atoms with Gasteiger partial charge in [-0.25, -0.2) is 4.98 Å². The van der Waals surface area contributed by atoms with Crippen molar-refractivity contribution in [3.8, 4) is 11.5 Å². The molecule has 35 heavy (non-hydrogen) atoms. The quantitative estimate of drug-likeness (QED) is 0.248. The Labute approximate surface area is 212 Å². The predicted molar refractivity (Wildman–Crippen MR) is 141 cm³/mol. The molecule has 0 bridgehead atoms. The normalized spacial score (nSPS) is 14.3. The molecular formula is C29H32ClN3O2. The fourth-order valence-electron chi connectivity index (χ4n) is 4.72. The Morgan fingerprint density at radius 2 is 1.57 bits per heavy atom. The number of benzene rings is 3. The highest BCUT2D eigenvalue weighted by Crippen LogP contribution is 2.29. The van der Waals surface area contributed by atoms with Crippen LogP contribution >= 0.6 is 11.6 Å². The Morgan fingerprint density at radius 3 is 2.37 bits per heavy atom. The topological polar surface area (TPSA) is 39.5 Å². The molecule has 4 aromatic rings. The van der Waals surface area contributed by atoms with Crippen molar-refractivity contribution >= 4 is 22.6 Å². The molecule has 5 nitrogen and oxygen atoms in total. The number of fused-ring (bicyclic) bond motifs is 1. The van der Waals surface area contributed by atoms with E-state index in [9.17, 15) is 0 Å². The number of imidazole rings is 1. The molecule has 1 saturated heterocycles. The lowest BCUT2D eigenvalue weighted by Crippen LogP contribution is -2.31. The van der Waals surface area contributed by atoms with Gasteiger partial charge in [-0.2, -0.15) is 0 Å². The van der Waals surface area contributed by atoms with Gasteiger partial charge in [-0.3, -0.25) is 0 Å². The summed E-state index contributed by atoms with van der Waals surface area (Å²) in [6, 6.07) is 23.8. The van der Waals surface area contributed by atoms with Crippen molar-refractivity contribution in [2.24, 2.45) is 0 Å². The lowest BCUT2D eigenvalue weighted by molar-refractivity contribution is 0.221. The smallest absolute Gasteiger partial charge is 0.148 e. The van der Waals surface area contributed by atoms with E-state index >= 15 is 0 Å². The van der Waals surface area contributed by atoms with E-state index in [4.69, 9.17) is 26.1 Å². The van der Waals surface area contributed by atoms with Gasteiger partial charge in [0.25, 0.3) is 0 Å². The SMILES string of the molecule is Clc1ccc(OCc2nc3cccc(OCc4ccccc4)c3n2CCCN2CCCCC2)cc1. The minimum absolute atomic E-state index is 0.387. The first-order valence-electron chi connectivity index (χ1n) is 12.5. The molecule has 0 spiro atoms. The molecule has 0 amide bonds. The number of rotatable bonds is 10. The van der Waals surface area contributed by atoms with Crippen LogP contribution in [0.3, 0.4) is 0 Å². The molecular weight excluding hydrogens is 458 g/mol. The second-order valence-electron chi connectivity index (χ2n) is 9.08. The Kier molecular flexibility index (Phi) is 7.86. The van der Waals surface area contributed by atoms with Gasteiger partial charge in [0.15, 0.2) is 0 Å². The van der Waals surface area contributed by atoms with E-state index in [1.54, 1.807) is 0 Å². The average Bonchev–Trinajstić information content (AvgIpc) is 3.26. The molecule has 1 fully saturated rings. The van der Waals surface area contributed by atoms with Crippen LogP contribution in [0.1, 0.15) is 37.1 Å². The molecule has 1 aromatic heterocycles. The van der Waals surface area contributed by atoms with Crippen molar-refractivity contribution in [3.05, 3.63) is 89.2 Å². The maximum Gasteiger partial charge on any atom is 0.148 e. The van der Waals surface area contributed by atoms with Crippen LogP contribution in [-0.4, -0.2) is 34.1 Å². The molecule has 0 unspecified atom stereocenters. The molecule has 0 aliphatic carbocycles. The number of hydrogen-bond donors (Lipinski definition) is 0. The van der Waals surface area contributed by atoms with Crippen LogP contribution in [-0.2, 0) is 19.8 Å². The molecule has 0 atom stereocenters. The van der Waals surface area contributed by atoms with Gasteiger partial charge in [0.1, 0.15) is 36.1 Å². The summed E-state index contributed by atoms with van der Waals surface area (Å²) in [6.45, 7) is 5.31. The number of halogens is 1. The summed E-state index contributed by atoms with van der Waals surface area (Å²) in [5.41, 5.74) is 3.12. The van der Waals surface area contributed by atoms with Crippen LogP contribution < -0.4 is 9.47 Å². The monoisotopic (exact) mass is 489 g/mol. The second-order valence-corrected chi connectivity index (χ2v) is 9.51. The van der Waals surface area contributed by atoms with Gasteiger partial charge in [0.2, 0.25) is 0 Å². The summed E-state index contributed by atoms with van der Waals surface area (Å²) < 4.78 is 14.7. The number of likely N-dealkylation sites (tertiary alicyclic amines) is 1. The lowest BCUT2D eigenvalue weighted by atomic mass is 10.1. The number of aryl methyl sites for hydroxylation is 1. The molecule has 0 N–H and O–H groups in total. The van der Waals surface area contributed by atoms with Crippen molar-refractivity contribution in [2.45, 2.75) is 45.4 Å². The number of ether oxygens (including phenoxy) is 2. The summed E-state index contributed by atoms with van der Waals surface area (Å²) >= 11 is 6.03. The van der Waals surface area contributed by atoms with Gasteiger partial charge in [-0.1, -0.05) is 54.4 Å². The molecule has 2 heterocycles. The predicted octanol–water partition coefficient (Wildman–Crippen LogP) is 6.72. The number of piperidine rings is 1. The molecule has 1 aliphatic rings. The summed E-state index contributed by atoms with van der Waals surface area (Å²) in [6.07, 6.45) is 5.04. The van der Waals surface area contributed by atoms with Crippen molar-refractivity contribution < 1.29 is 9.47 Å². The van der Waals surface area contributed by atoms with Gasteiger partial charge in [0, 0.05) is 11.6 Å². The number of para-hydroxylation sites is 1. The summed E-state index contributed by atoms with van der Waals surface area (Å²) in [7, 11) is 0. The number of hydrogen-bond acceptors (Lipinski definition) is 4. The molecule has 6 heteroatoms. The number of nitrogens with zero attached hydrogens (tertiary/aromatic N) is 3. The van der Waals surface area contributed by atoms with Crippen molar-refractivity contribution in [1.29, 1.82) is 0 Å². The van der Waals surface area contributed by atoms with E-state index in [0.29, 0.717) is 18.2 Å². The van der Waals surface area contributed by atoms with Gasteiger partial charge in [-0.05, 0) is 80.9 Å².